The van der Waals surface area contributed by atoms with Gasteiger partial charge in [-0.3, -0.25) is 0 Å². The van der Waals surface area contributed by atoms with Crippen molar-refractivity contribution in [3.8, 4) is 5.75 Å². The molecule has 0 atom stereocenters. The Morgan fingerprint density at radius 2 is 1.86 bits per heavy atom. The molecule has 0 fully saturated rings. The molecule has 0 radical (unpaired) electrons. The maximum absolute atomic E-state index is 9.56. The van der Waals surface area contributed by atoms with Crippen LogP contribution in [0.1, 0.15) is 12.5 Å². The SMILES string of the molecule is CCn1c2ccccc2c2c(OCCO)c(CO)ccc21. The van der Waals surface area contributed by atoms with E-state index in [0.29, 0.717) is 5.75 Å². The average Bonchev–Trinajstić information content (AvgIpc) is 2.86. The smallest absolute Gasteiger partial charge is 0.134 e. The zero-order valence-electron chi connectivity index (χ0n) is 12.0. The molecule has 1 heterocycles. The number of fused-ring (bicyclic) bond motifs is 3. The summed E-state index contributed by atoms with van der Waals surface area (Å²) in [5.41, 5.74) is 2.98. The van der Waals surface area contributed by atoms with E-state index in [1.54, 1.807) is 0 Å². The average molecular weight is 285 g/mol. The third-order valence-corrected chi connectivity index (χ3v) is 3.80. The number of hydrogen-bond donors (Lipinski definition) is 2. The lowest BCUT2D eigenvalue weighted by Gasteiger charge is -2.11. The van der Waals surface area contributed by atoms with Gasteiger partial charge in [-0.2, -0.15) is 0 Å². The molecule has 0 saturated carbocycles. The Bertz CT molecular complexity index is 776. The minimum absolute atomic E-state index is 0.0479. The Labute approximate surface area is 123 Å². The number of benzene rings is 2. The van der Waals surface area contributed by atoms with E-state index in [1.807, 2.05) is 24.3 Å². The first-order chi connectivity index (χ1) is 10.3. The van der Waals surface area contributed by atoms with Crippen LogP contribution in [0.4, 0.5) is 0 Å². The molecular weight excluding hydrogens is 266 g/mol. The molecule has 0 amide bonds. The summed E-state index contributed by atoms with van der Waals surface area (Å²) in [7, 11) is 0. The Balaban J connectivity index is 2.40. The molecule has 1 aromatic heterocycles. The highest BCUT2D eigenvalue weighted by atomic mass is 16.5. The van der Waals surface area contributed by atoms with Crippen molar-refractivity contribution in [3.05, 3.63) is 42.0 Å². The number of aromatic nitrogens is 1. The Morgan fingerprint density at radius 3 is 2.57 bits per heavy atom. The van der Waals surface area contributed by atoms with Gasteiger partial charge in [-0.05, 0) is 19.1 Å². The Morgan fingerprint density at radius 1 is 1.05 bits per heavy atom. The first-order valence-corrected chi connectivity index (χ1v) is 7.19. The van der Waals surface area contributed by atoms with E-state index in [-0.39, 0.29) is 19.8 Å². The van der Waals surface area contributed by atoms with Crippen molar-refractivity contribution < 1.29 is 14.9 Å². The highest BCUT2D eigenvalue weighted by Crippen LogP contribution is 2.38. The largest absolute Gasteiger partial charge is 0.490 e. The maximum Gasteiger partial charge on any atom is 0.134 e. The molecule has 0 aliphatic rings. The predicted octanol–water partition coefficient (Wildman–Crippen LogP) is 2.68. The van der Waals surface area contributed by atoms with E-state index >= 15 is 0 Å². The van der Waals surface area contributed by atoms with Gasteiger partial charge in [0.25, 0.3) is 0 Å². The Hall–Kier alpha value is -2.04. The summed E-state index contributed by atoms with van der Waals surface area (Å²) in [6.07, 6.45) is 0. The number of rotatable bonds is 5. The van der Waals surface area contributed by atoms with Crippen LogP contribution < -0.4 is 4.74 Å². The molecule has 0 saturated heterocycles. The van der Waals surface area contributed by atoms with Gasteiger partial charge in [0.1, 0.15) is 12.4 Å². The highest BCUT2D eigenvalue weighted by molar-refractivity contribution is 6.11. The van der Waals surface area contributed by atoms with E-state index in [4.69, 9.17) is 9.84 Å². The van der Waals surface area contributed by atoms with E-state index in [1.165, 1.54) is 0 Å². The molecule has 0 unspecified atom stereocenters. The quantitative estimate of drug-likeness (QED) is 0.758. The van der Waals surface area contributed by atoms with Crippen molar-refractivity contribution in [1.29, 1.82) is 0 Å². The molecule has 3 aromatic rings. The lowest BCUT2D eigenvalue weighted by Crippen LogP contribution is -2.04. The van der Waals surface area contributed by atoms with Crippen LogP contribution in [-0.2, 0) is 13.2 Å². The first-order valence-electron chi connectivity index (χ1n) is 7.19. The van der Waals surface area contributed by atoms with Gasteiger partial charge in [-0.1, -0.05) is 24.3 Å². The minimum atomic E-state index is -0.0810. The van der Waals surface area contributed by atoms with Gasteiger partial charge in [0.15, 0.2) is 0 Å². The second-order valence-corrected chi connectivity index (χ2v) is 4.94. The third-order valence-electron chi connectivity index (χ3n) is 3.80. The molecule has 4 heteroatoms. The third kappa shape index (κ3) is 2.17. The van der Waals surface area contributed by atoms with Crippen molar-refractivity contribution in [3.63, 3.8) is 0 Å². The number of ether oxygens (including phenoxy) is 1. The van der Waals surface area contributed by atoms with E-state index < -0.39 is 0 Å². The molecule has 0 aliphatic heterocycles. The molecule has 21 heavy (non-hydrogen) atoms. The summed E-state index contributed by atoms with van der Waals surface area (Å²) in [4.78, 5) is 0. The van der Waals surface area contributed by atoms with Crippen molar-refractivity contribution in [1.82, 2.24) is 4.57 Å². The predicted molar refractivity (Wildman–Crippen MR) is 83.6 cm³/mol. The number of aryl methyl sites for hydroxylation is 1. The number of aliphatic hydroxyl groups is 2. The van der Waals surface area contributed by atoms with Crippen LogP contribution >= 0.6 is 0 Å². The van der Waals surface area contributed by atoms with Gasteiger partial charge in [-0.15, -0.1) is 0 Å². The lowest BCUT2D eigenvalue weighted by molar-refractivity contribution is 0.197. The zero-order chi connectivity index (χ0) is 14.8. The van der Waals surface area contributed by atoms with E-state index in [0.717, 1.165) is 33.9 Å². The van der Waals surface area contributed by atoms with Crippen LogP contribution in [0.15, 0.2) is 36.4 Å². The van der Waals surface area contributed by atoms with Gasteiger partial charge in [-0.25, -0.2) is 0 Å². The summed E-state index contributed by atoms with van der Waals surface area (Å²) in [5.74, 6) is 0.674. The normalized spacial score (nSPS) is 11.4. The summed E-state index contributed by atoms with van der Waals surface area (Å²) in [6.45, 7) is 3.07. The molecule has 110 valence electrons. The maximum atomic E-state index is 9.56. The highest BCUT2D eigenvalue weighted by Gasteiger charge is 2.16. The summed E-state index contributed by atoms with van der Waals surface area (Å²) in [6, 6.07) is 12.1. The number of nitrogens with zero attached hydrogens (tertiary/aromatic N) is 1. The van der Waals surface area contributed by atoms with Gasteiger partial charge >= 0.3 is 0 Å². The summed E-state index contributed by atoms with van der Waals surface area (Å²) < 4.78 is 7.97. The van der Waals surface area contributed by atoms with Crippen molar-refractivity contribution >= 4 is 21.8 Å². The van der Waals surface area contributed by atoms with Gasteiger partial charge in [0.05, 0.1) is 18.7 Å². The second-order valence-electron chi connectivity index (χ2n) is 4.94. The summed E-state index contributed by atoms with van der Waals surface area (Å²) in [5, 5.41) is 20.7. The minimum Gasteiger partial charge on any atom is -0.490 e. The van der Waals surface area contributed by atoms with E-state index in [2.05, 4.69) is 23.6 Å². The lowest BCUT2D eigenvalue weighted by atomic mass is 10.1. The number of hydrogen-bond acceptors (Lipinski definition) is 3. The number of para-hydroxylation sites is 1. The molecular formula is C17H19NO3. The molecule has 0 spiro atoms. The van der Waals surface area contributed by atoms with Crippen LogP contribution in [0.3, 0.4) is 0 Å². The van der Waals surface area contributed by atoms with Crippen LogP contribution in [0, 0.1) is 0 Å². The van der Waals surface area contributed by atoms with Gasteiger partial charge < -0.3 is 19.5 Å². The van der Waals surface area contributed by atoms with Crippen molar-refractivity contribution in [2.24, 2.45) is 0 Å². The van der Waals surface area contributed by atoms with E-state index in [9.17, 15) is 5.11 Å². The molecule has 2 aromatic carbocycles. The zero-order valence-corrected chi connectivity index (χ0v) is 12.0. The molecule has 3 rings (SSSR count). The second kappa shape index (κ2) is 5.76. The van der Waals surface area contributed by atoms with Crippen LogP contribution in [0.2, 0.25) is 0 Å². The van der Waals surface area contributed by atoms with Crippen LogP contribution in [0.5, 0.6) is 5.75 Å². The summed E-state index contributed by atoms with van der Waals surface area (Å²) >= 11 is 0. The number of aliphatic hydroxyl groups excluding tert-OH is 2. The monoisotopic (exact) mass is 285 g/mol. The van der Waals surface area contributed by atoms with Gasteiger partial charge in [0, 0.05) is 28.4 Å². The standard InChI is InChI=1S/C17H19NO3/c1-2-18-14-6-4-3-5-13(14)16-15(18)8-7-12(11-20)17(16)21-10-9-19/h3-8,19-20H,2,9-11H2,1H3. The Kier molecular flexibility index (Phi) is 3.82. The van der Waals surface area contributed by atoms with Crippen molar-refractivity contribution in [2.45, 2.75) is 20.1 Å². The van der Waals surface area contributed by atoms with Gasteiger partial charge in [0.2, 0.25) is 0 Å². The van der Waals surface area contributed by atoms with Crippen LogP contribution in [0.25, 0.3) is 21.8 Å². The molecule has 4 nitrogen and oxygen atoms in total. The van der Waals surface area contributed by atoms with Crippen LogP contribution in [-0.4, -0.2) is 28.0 Å². The molecule has 2 N–H and O–H groups in total. The first kappa shape index (κ1) is 13.9. The fourth-order valence-corrected chi connectivity index (χ4v) is 2.93. The van der Waals surface area contributed by atoms with Crippen molar-refractivity contribution in [2.75, 3.05) is 13.2 Å². The topological polar surface area (TPSA) is 54.6 Å². The molecule has 0 bridgehead atoms. The fraction of sp³-hybridized carbons (Fsp3) is 0.294. The fourth-order valence-electron chi connectivity index (χ4n) is 2.93. The molecule has 0 aliphatic carbocycles.